The Labute approximate surface area is 107 Å². The molecule has 2 unspecified atom stereocenters. The van der Waals surface area contributed by atoms with E-state index in [1.807, 2.05) is 0 Å². The zero-order chi connectivity index (χ0) is 12.5. The summed E-state index contributed by atoms with van der Waals surface area (Å²) in [6, 6.07) is 1.49. The topological polar surface area (TPSA) is 24.5 Å². The molecule has 1 aliphatic rings. The lowest BCUT2D eigenvalue weighted by molar-refractivity contribution is 0.0988. The highest BCUT2D eigenvalue weighted by atomic mass is 16.5. The lowest BCUT2D eigenvalue weighted by atomic mass is 9.98. The molecule has 0 aromatic carbocycles. The molecule has 2 atom stereocenters. The molecule has 1 heterocycles. The molecule has 1 aliphatic heterocycles. The summed E-state index contributed by atoms with van der Waals surface area (Å²) < 4.78 is 5.05. The molecule has 17 heavy (non-hydrogen) atoms. The fraction of sp³-hybridized carbons (Fsp3) is 1.00. The Morgan fingerprint density at radius 3 is 2.94 bits per heavy atom. The molecule has 1 saturated heterocycles. The maximum Gasteiger partial charge on any atom is 0.0474 e. The summed E-state index contributed by atoms with van der Waals surface area (Å²) in [5.74, 6) is 0. The van der Waals surface area contributed by atoms with Crippen LogP contribution in [0.1, 0.15) is 46.0 Å². The van der Waals surface area contributed by atoms with Gasteiger partial charge in [0.1, 0.15) is 0 Å². The van der Waals surface area contributed by atoms with Crippen molar-refractivity contribution in [2.24, 2.45) is 0 Å². The fourth-order valence-corrected chi connectivity index (χ4v) is 2.81. The van der Waals surface area contributed by atoms with Crippen LogP contribution in [0.15, 0.2) is 0 Å². The van der Waals surface area contributed by atoms with E-state index in [0.29, 0.717) is 6.04 Å². The van der Waals surface area contributed by atoms with Crippen LogP contribution >= 0.6 is 0 Å². The number of methoxy groups -OCH3 is 1. The molecule has 0 bridgehead atoms. The maximum absolute atomic E-state index is 5.05. The SMILES string of the molecule is CCC1CCCCN1C(C)CNCCCOC. The van der Waals surface area contributed by atoms with E-state index < -0.39 is 0 Å². The van der Waals surface area contributed by atoms with Crippen LogP contribution in [0.5, 0.6) is 0 Å². The smallest absolute Gasteiger partial charge is 0.0474 e. The molecule has 1 N–H and O–H groups in total. The monoisotopic (exact) mass is 242 g/mol. The molecule has 102 valence electrons. The number of hydrogen-bond donors (Lipinski definition) is 1. The number of nitrogens with zero attached hydrogens (tertiary/aromatic N) is 1. The van der Waals surface area contributed by atoms with E-state index in [9.17, 15) is 0 Å². The predicted molar refractivity (Wildman–Crippen MR) is 73.5 cm³/mol. The summed E-state index contributed by atoms with van der Waals surface area (Å²) in [5.41, 5.74) is 0. The number of ether oxygens (including phenoxy) is 1. The minimum Gasteiger partial charge on any atom is -0.385 e. The van der Waals surface area contributed by atoms with Gasteiger partial charge in [0.25, 0.3) is 0 Å². The third-order valence-electron chi connectivity index (χ3n) is 3.85. The summed E-state index contributed by atoms with van der Waals surface area (Å²) in [6.45, 7) is 9.02. The van der Waals surface area contributed by atoms with Gasteiger partial charge in [-0.3, -0.25) is 4.90 Å². The maximum atomic E-state index is 5.05. The van der Waals surface area contributed by atoms with Crippen molar-refractivity contribution in [2.45, 2.75) is 58.0 Å². The summed E-state index contributed by atoms with van der Waals surface area (Å²) in [4.78, 5) is 2.70. The lowest BCUT2D eigenvalue weighted by Gasteiger charge is -2.39. The van der Waals surface area contributed by atoms with Crippen molar-refractivity contribution in [3.05, 3.63) is 0 Å². The highest BCUT2D eigenvalue weighted by molar-refractivity contribution is 4.81. The average molecular weight is 242 g/mol. The van der Waals surface area contributed by atoms with Crippen LogP contribution in [0, 0.1) is 0 Å². The quantitative estimate of drug-likeness (QED) is 0.661. The van der Waals surface area contributed by atoms with Gasteiger partial charge >= 0.3 is 0 Å². The van der Waals surface area contributed by atoms with Gasteiger partial charge in [-0.25, -0.2) is 0 Å². The molecule has 1 fully saturated rings. The molecular weight excluding hydrogens is 212 g/mol. The Balaban J connectivity index is 2.18. The molecule has 0 saturated carbocycles. The molecule has 3 heteroatoms. The van der Waals surface area contributed by atoms with Gasteiger partial charge in [0, 0.05) is 32.3 Å². The van der Waals surface area contributed by atoms with Crippen LogP contribution in [0.4, 0.5) is 0 Å². The summed E-state index contributed by atoms with van der Waals surface area (Å²) in [6.07, 6.45) is 6.60. The largest absolute Gasteiger partial charge is 0.385 e. The summed E-state index contributed by atoms with van der Waals surface area (Å²) >= 11 is 0. The van der Waals surface area contributed by atoms with E-state index in [-0.39, 0.29) is 0 Å². The van der Waals surface area contributed by atoms with Crippen molar-refractivity contribution in [1.29, 1.82) is 0 Å². The van der Waals surface area contributed by atoms with Gasteiger partial charge in [0.05, 0.1) is 0 Å². The Morgan fingerprint density at radius 2 is 2.24 bits per heavy atom. The highest BCUT2D eigenvalue weighted by Crippen LogP contribution is 2.21. The van der Waals surface area contributed by atoms with Crippen LogP contribution < -0.4 is 5.32 Å². The van der Waals surface area contributed by atoms with E-state index >= 15 is 0 Å². The van der Waals surface area contributed by atoms with Crippen LogP contribution in [0.2, 0.25) is 0 Å². The Kier molecular flexibility index (Phi) is 7.82. The van der Waals surface area contributed by atoms with E-state index in [0.717, 1.165) is 32.2 Å². The molecular formula is C14H30N2O. The third-order valence-corrected chi connectivity index (χ3v) is 3.85. The Morgan fingerprint density at radius 1 is 1.41 bits per heavy atom. The number of hydrogen-bond acceptors (Lipinski definition) is 3. The number of piperidine rings is 1. The van der Waals surface area contributed by atoms with Crippen molar-refractivity contribution in [3.8, 4) is 0 Å². The van der Waals surface area contributed by atoms with Gasteiger partial charge in [-0.1, -0.05) is 13.3 Å². The molecule has 0 aromatic rings. The van der Waals surface area contributed by atoms with E-state index in [1.165, 1.54) is 32.2 Å². The zero-order valence-electron chi connectivity index (χ0n) is 11.9. The zero-order valence-corrected chi connectivity index (χ0v) is 11.9. The van der Waals surface area contributed by atoms with Crippen molar-refractivity contribution in [2.75, 3.05) is 33.4 Å². The molecule has 0 aromatic heterocycles. The minimum absolute atomic E-state index is 0.669. The van der Waals surface area contributed by atoms with Crippen LogP contribution in [-0.4, -0.2) is 50.3 Å². The molecule has 0 aliphatic carbocycles. The fourth-order valence-electron chi connectivity index (χ4n) is 2.81. The third kappa shape index (κ3) is 5.36. The van der Waals surface area contributed by atoms with Gasteiger partial charge < -0.3 is 10.1 Å². The van der Waals surface area contributed by atoms with Crippen molar-refractivity contribution >= 4 is 0 Å². The van der Waals surface area contributed by atoms with Gasteiger partial charge in [-0.05, 0) is 45.7 Å². The first-order valence-corrected chi connectivity index (χ1v) is 7.25. The first kappa shape index (κ1) is 14.9. The molecule has 1 rings (SSSR count). The predicted octanol–water partition coefficient (Wildman–Crippen LogP) is 2.27. The van der Waals surface area contributed by atoms with E-state index in [4.69, 9.17) is 4.74 Å². The van der Waals surface area contributed by atoms with Gasteiger partial charge in [-0.15, -0.1) is 0 Å². The standard InChI is InChI=1S/C14H30N2O/c1-4-14-8-5-6-10-16(14)13(2)12-15-9-7-11-17-3/h13-15H,4-12H2,1-3H3. The number of likely N-dealkylation sites (tertiary alicyclic amines) is 1. The molecule has 0 amide bonds. The molecule has 0 radical (unpaired) electrons. The van der Waals surface area contributed by atoms with E-state index in [2.05, 4.69) is 24.1 Å². The Hall–Kier alpha value is -0.120. The first-order valence-electron chi connectivity index (χ1n) is 7.25. The van der Waals surface area contributed by atoms with Crippen molar-refractivity contribution in [1.82, 2.24) is 10.2 Å². The van der Waals surface area contributed by atoms with E-state index in [1.54, 1.807) is 7.11 Å². The van der Waals surface area contributed by atoms with Gasteiger partial charge in [0.2, 0.25) is 0 Å². The average Bonchev–Trinajstić information content (AvgIpc) is 2.38. The van der Waals surface area contributed by atoms with Crippen LogP contribution in [0.3, 0.4) is 0 Å². The second kappa shape index (κ2) is 8.90. The first-order chi connectivity index (χ1) is 8.29. The van der Waals surface area contributed by atoms with Crippen molar-refractivity contribution < 1.29 is 4.74 Å². The lowest BCUT2D eigenvalue weighted by Crippen LogP contribution is -2.48. The minimum atomic E-state index is 0.669. The number of nitrogens with one attached hydrogen (secondary N) is 1. The normalized spacial score (nSPS) is 23.8. The van der Waals surface area contributed by atoms with Crippen LogP contribution in [-0.2, 0) is 4.74 Å². The molecule has 3 nitrogen and oxygen atoms in total. The number of rotatable bonds is 8. The van der Waals surface area contributed by atoms with Crippen molar-refractivity contribution in [3.63, 3.8) is 0 Å². The second-order valence-electron chi connectivity index (χ2n) is 5.20. The second-order valence-corrected chi connectivity index (χ2v) is 5.20. The van der Waals surface area contributed by atoms with Gasteiger partial charge in [-0.2, -0.15) is 0 Å². The Bertz CT molecular complexity index is 187. The summed E-state index contributed by atoms with van der Waals surface area (Å²) in [7, 11) is 1.77. The molecule has 0 spiro atoms. The summed E-state index contributed by atoms with van der Waals surface area (Å²) in [5, 5.41) is 3.54. The van der Waals surface area contributed by atoms with Gasteiger partial charge in [0.15, 0.2) is 0 Å². The highest BCUT2D eigenvalue weighted by Gasteiger charge is 2.24. The van der Waals surface area contributed by atoms with Crippen LogP contribution in [0.25, 0.3) is 0 Å².